The summed E-state index contributed by atoms with van der Waals surface area (Å²) in [6.07, 6.45) is 1.66. The zero-order chi connectivity index (χ0) is 7.84. The Hall–Kier alpha value is -0.290. The zero-order valence-corrected chi connectivity index (χ0v) is 8.26. The van der Waals surface area contributed by atoms with Gasteiger partial charge in [-0.15, -0.1) is 0 Å². The summed E-state index contributed by atoms with van der Waals surface area (Å²) in [5, 5.41) is 0.497. The molecule has 4 heteroatoms. The quantitative estimate of drug-likeness (QED) is 0.547. The van der Waals surface area contributed by atoms with Gasteiger partial charge >= 0.3 is 0 Å². The molecule has 0 bridgehead atoms. The van der Waals surface area contributed by atoms with Crippen LogP contribution in [-0.4, -0.2) is 4.98 Å². The van der Waals surface area contributed by atoms with E-state index in [1.165, 1.54) is 0 Å². The highest BCUT2D eigenvalue weighted by molar-refractivity contribution is 14.1. The molecule has 0 spiro atoms. The lowest BCUT2D eigenvalue weighted by Gasteiger charge is -1.88. The smallest absolute Gasteiger partial charge is 0.153 e. The summed E-state index contributed by atoms with van der Waals surface area (Å²) in [5.41, 5.74) is 1.61. The molecule has 56 valence electrons. The van der Waals surface area contributed by atoms with Gasteiger partial charge in [-0.25, -0.2) is 4.98 Å². The molecule has 2 heterocycles. The van der Waals surface area contributed by atoms with Crippen LogP contribution in [0.4, 0.5) is 0 Å². The summed E-state index contributed by atoms with van der Waals surface area (Å²) < 4.78 is 6.16. The summed E-state index contributed by atoms with van der Waals surface area (Å²) in [4.78, 5) is 4.10. The third-order valence-corrected chi connectivity index (χ3v) is 2.32. The van der Waals surface area contributed by atoms with Gasteiger partial charge in [-0.05, 0) is 34.7 Å². The highest BCUT2D eigenvalue weighted by Crippen LogP contribution is 2.21. The van der Waals surface area contributed by atoms with Crippen molar-refractivity contribution in [2.24, 2.45) is 0 Å². The van der Waals surface area contributed by atoms with Crippen LogP contribution in [0.5, 0.6) is 0 Å². The number of nitrogens with zero attached hydrogens (tertiary/aromatic N) is 1. The minimum atomic E-state index is 0.497. The van der Waals surface area contributed by atoms with Gasteiger partial charge in [0.05, 0.1) is 3.57 Å². The molecule has 0 aliphatic rings. The minimum Gasteiger partial charge on any atom is -0.461 e. The van der Waals surface area contributed by atoms with Crippen LogP contribution < -0.4 is 0 Å². The molecule has 0 aliphatic heterocycles. The van der Waals surface area contributed by atoms with Crippen molar-refractivity contribution in [1.29, 1.82) is 0 Å². The largest absolute Gasteiger partial charge is 0.461 e. The van der Waals surface area contributed by atoms with Gasteiger partial charge in [-0.2, -0.15) is 0 Å². The van der Waals surface area contributed by atoms with E-state index in [0.29, 0.717) is 5.15 Å². The molecule has 0 amide bonds. The first kappa shape index (κ1) is 7.36. The molecule has 0 aliphatic carbocycles. The number of hydrogen-bond donors (Lipinski definition) is 0. The maximum atomic E-state index is 5.69. The number of pyridine rings is 1. The molecule has 0 saturated carbocycles. The summed E-state index contributed by atoms with van der Waals surface area (Å²) >= 11 is 7.85. The van der Waals surface area contributed by atoms with E-state index >= 15 is 0 Å². The van der Waals surface area contributed by atoms with Gasteiger partial charge in [-0.1, -0.05) is 11.6 Å². The van der Waals surface area contributed by atoms with Gasteiger partial charge in [0.25, 0.3) is 0 Å². The minimum absolute atomic E-state index is 0.497. The van der Waals surface area contributed by atoms with Gasteiger partial charge in [0.15, 0.2) is 5.58 Å². The molecule has 0 aromatic carbocycles. The van der Waals surface area contributed by atoms with Gasteiger partial charge in [0.1, 0.15) is 16.9 Å². The van der Waals surface area contributed by atoms with Gasteiger partial charge in [0.2, 0.25) is 0 Å². The molecule has 11 heavy (non-hydrogen) atoms. The first-order valence-electron chi connectivity index (χ1n) is 2.96. The van der Waals surface area contributed by atoms with Crippen molar-refractivity contribution in [3.05, 3.63) is 27.1 Å². The Balaban J connectivity index is 2.87. The second-order valence-electron chi connectivity index (χ2n) is 2.06. The van der Waals surface area contributed by atoms with E-state index in [9.17, 15) is 0 Å². The highest BCUT2D eigenvalue weighted by atomic mass is 127. The number of rotatable bonds is 0. The molecule has 0 radical (unpaired) electrons. The predicted octanol–water partition coefficient (Wildman–Crippen LogP) is 3.09. The molecule has 2 aromatic heterocycles. The highest BCUT2D eigenvalue weighted by Gasteiger charge is 2.03. The molecule has 0 unspecified atom stereocenters. The van der Waals surface area contributed by atoms with Crippen LogP contribution >= 0.6 is 34.2 Å². The maximum Gasteiger partial charge on any atom is 0.153 e. The third kappa shape index (κ3) is 1.22. The molecular weight excluding hydrogens is 276 g/mol. The van der Waals surface area contributed by atoms with Crippen molar-refractivity contribution >= 4 is 45.3 Å². The second kappa shape index (κ2) is 2.64. The Morgan fingerprint density at radius 3 is 3.09 bits per heavy atom. The second-order valence-corrected chi connectivity index (χ2v) is 3.61. The van der Waals surface area contributed by atoms with Crippen LogP contribution in [0.2, 0.25) is 5.15 Å². The van der Waals surface area contributed by atoms with Gasteiger partial charge < -0.3 is 4.42 Å². The Kier molecular flexibility index (Phi) is 1.77. The summed E-state index contributed by atoms with van der Waals surface area (Å²) in [5.74, 6) is 0. The lowest BCUT2D eigenvalue weighted by atomic mass is 10.4. The molecule has 0 saturated heterocycles. The van der Waals surface area contributed by atoms with Gasteiger partial charge in [0, 0.05) is 0 Å². The normalized spacial score (nSPS) is 10.7. The van der Waals surface area contributed by atoms with Crippen molar-refractivity contribution in [1.82, 2.24) is 4.98 Å². The Bertz CT molecular complexity index is 398. The molecule has 0 fully saturated rings. The average molecular weight is 279 g/mol. The van der Waals surface area contributed by atoms with E-state index in [1.54, 1.807) is 12.3 Å². The number of hydrogen-bond acceptors (Lipinski definition) is 2. The standard InChI is InChI=1S/C7H3ClINO/c8-6-2-1-5-7(10-6)4(9)3-11-5/h1-3H. The monoisotopic (exact) mass is 279 g/mol. The van der Waals surface area contributed by atoms with Crippen molar-refractivity contribution in [3.63, 3.8) is 0 Å². The number of aromatic nitrogens is 1. The lowest BCUT2D eigenvalue weighted by molar-refractivity contribution is 0.613. The topological polar surface area (TPSA) is 26.0 Å². The fourth-order valence-electron chi connectivity index (χ4n) is 0.860. The average Bonchev–Trinajstić information content (AvgIpc) is 2.33. The first-order valence-corrected chi connectivity index (χ1v) is 4.42. The molecule has 0 atom stereocenters. The van der Waals surface area contributed by atoms with Crippen molar-refractivity contribution < 1.29 is 4.42 Å². The molecule has 2 nitrogen and oxygen atoms in total. The van der Waals surface area contributed by atoms with Crippen molar-refractivity contribution in [2.45, 2.75) is 0 Å². The van der Waals surface area contributed by atoms with Crippen LogP contribution in [0.1, 0.15) is 0 Å². The van der Waals surface area contributed by atoms with E-state index in [-0.39, 0.29) is 0 Å². The zero-order valence-electron chi connectivity index (χ0n) is 5.34. The van der Waals surface area contributed by atoms with Crippen molar-refractivity contribution in [2.75, 3.05) is 0 Å². The Morgan fingerprint density at radius 1 is 1.45 bits per heavy atom. The van der Waals surface area contributed by atoms with E-state index in [2.05, 4.69) is 27.6 Å². The number of furan rings is 1. The summed E-state index contributed by atoms with van der Waals surface area (Å²) in [6.45, 7) is 0. The maximum absolute atomic E-state index is 5.69. The van der Waals surface area contributed by atoms with Crippen LogP contribution in [0.25, 0.3) is 11.1 Å². The molecular formula is C7H3ClINO. The Morgan fingerprint density at radius 2 is 2.27 bits per heavy atom. The fraction of sp³-hybridized carbons (Fsp3) is 0. The Labute approximate surface area is 81.7 Å². The van der Waals surface area contributed by atoms with E-state index in [0.717, 1.165) is 14.7 Å². The molecule has 2 rings (SSSR count). The van der Waals surface area contributed by atoms with Crippen LogP contribution in [0, 0.1) is 3.57 Å². The number of fused-ring (bicyclic) bond motifs is 1. The predicted molar refractivity (Wildman–Crippen MR) is 51.7 cm³/mol. The van der Waals surface area contributed by atoms with Crippen molar-refractivity contribution in [3.8, 4) is 0 Å². The molecule has 2 aromatic rings. The SMILES string of the molecule is Clc1ccc2occ(I)c2n1. The molecule has 0 N–H and O–H groups in total. The summed E-state index contributed by atoms with van der Waals surface area (Å²) in [6, 6.07) is 3.52. The van der Waals surface area contributed by atoms with E-state index < -0.39 is 0 Å². The van der Waals surface area contributed by atoms with Crippen LogP contribution in [0.3, 0.4) is 0 Å². The van der Waals surface area contributed by atoms with E-state index in [1.807, 2.05) is 6.07 Å². The fourth-order valence-corrected chi connectivity index (χ4v) is 1.52. The van der Waals surface area contributed by atoms with Crippen LogP contribution in [-0.2, 0) is 0 Å². The first-order chi connectivity index (χ1) is 5.27. The lowest BCUT2D eigenvalue weighted by Crippen LogP contribution is -1.75. The van der Waals surface area contributed by atoms with Gasteiger partial charge in [-0.3, -0.25) is 0 Å². The van der Waals surface area contributed by atoms with Crippen LogP contribution in [0.15, 0.2) is 22.8 Å². The van der Waals surface area contributed by atoms with E-state index in [4.69, 9.17) is 16.0 Å². The number of halogens is 2. The summed E-state index contributed by atoms with van der Waals surface area (Å²) in [7, 11) is 0. The third-order valence-electron chi connectivity index (χ3n) is 1.34.